The Morgan fingerprint density at radius 3 is 2.19 bits per heavy atom. The second kappa shape index (κ2) is 6.02. The number of Topliss-reactive ketones (excluding diaryl/α,β-unsaturated/α-hetero) is 1. The zero-order valence-corrected chi connectivity index (χ0v) is 10.5. The van der Waals surface area contributed by atoms with Crippen LogP contribution in [0.5, 0.6) is 0 Å². The molecule has 16 heavy (non-hydrogen) atoms. The summed E-state index contributed by atoms with van der Waals surface area (Å²) in [5, 5.41) is 0. The molecule has 1 aliphatic rings. The first kappa shape index (κ1) is 13.2. The van der Waals surface area contributed by atoms with Gasteiger partial charge in [-0.05, 0) is 37.5 Å². The molecule has 0 radical (unpaired) electrons. The monoisotopic (exact) mass is 226 g/mol. The second-order valence-electron chi connectivity index (χ2n) is 5.07. The van der Waals surface area contributed by atoms with Gasteiger partial charge in [0.25, 0.3) is 0 Å². The van der Waals surface area contributed by atoms with E-state index in [1.807, 2.05) is 0 Å². The van der Waals surface area contributed by atoms with Crippen molar-refractivity contribution in [2.24, 2.45) is 17.8 Å². The first-order valence-electron chi connectivity index (χ1n) is 6.14. The SMILES string of the molecule is COC(=O)CC(=O)C1CCC(C(C)C)CC1. The van der Waals surface area contributed by atoms with Crippen molar-refractivity contribution in [3.05, 3.63) is 0 Å². The molecule has 0 aromatic carbocycles. The van der Waals surface area contributed by atoms with Crippen LogP contribution in [0.2, 0.25) is 0 Å². The molecule has 3 heteroatoms. The standard InChI is InChI=1S/C13H22O3/c1-9(2)10-4-6-11(7-5-10)12(14)8-13(15)16-3/h9-11H,4-8H2,1-3H3. The van der Waals surface area contributed by atoms with Crippen molar-refractivity contribution >= 4 is 11.8 Å². The predicted molar refractivity (Wildman–Crippen MR) is 61.9 cm³/mol. The number of rotatable bonds is 4. The third-order valence-electron chi connectivity index (χ3n) is 3.72. The number of hydrogen-bond donors (Lipinski definition) is 0. The van der Waals surface area contributed by atoms with Crippen molar-refractivity contribution in [3.63, 3.8) is 0 Å². The lowest BCUT2D eigenvalue weighted by molar-refractivity contribution is -0.144. The molecule has 1 aliphatic carbocycles. The van der Waals surface area contributed by atoms with Gasteiger partial charge in [-0.2, -0.15) is 0 Å². The highest BCUT2D eigenvalue weighted by Crippen LogP contribution is 2.34. The fraction of sp³-hybridized carbons (Fsp3) is 0.846. The number of methoxy groups -OCH3 is 1. The van der Waals surface area contributed by atoms with Crippen LogP contribution in [0.3, 0.4) is 0 Å². The lowest BCUT2D eigenvalue weighted by atomic mass is 9.75. The van der Waals surface area contributed by atoms with Crippen LogP contribution in [0, 0.1) is 17.8 Å². The number of esters is 1. The van der Waals surface area contributed by atoms with Gasteiger partial charge in [0.15, 0.2) is 0 Å². The maximum absolute atomic E-state index is 11.7. The van der Waals surface area contributed by atoms with E-state index in [1.54, 1.807) is 0 Å². The summed E-state index contributed by atoms with van der Waals surface area (Å²) in [7, 11) is 1.32. The van der Waals surface area contributed by atoms with Crippen molar-refractivity contribution in [2.45, 2.75) is 46.0 Å². The first-order valence-corrected chi connectivity index (χ1v) is 6.14. The molecule has 92 valence electrons. The molecule has 1 fully saturated rings. The van der Waals surface area contributed by atoms with Gasteiger partial charge in [-0.15, -0.1) is 0 Å². The lowest BCUT2D eigenvalue weighted by Crippen LogP contribution is -2.25. The Kier molecular flexibility index (Phi) is 4.97. The maximum atomic E-state index is 11.7. The number of carbonyl (C=O) groups excluding carboxylic acids is 2. The van der Waals surface area contributed by atoms with Crippen molar-refractivity contribution in [2.75, 3.05) is 7.11 Å². The molecule has 0 N–H and O–H groups in total. The molecule has 0 heterocycles. The Hall–Kier alpha value is -0.860. The summed E-state index contributed by atoms with van der Waals surface area (Å²) in [6, 6.07) is 0. The van der Waals surface area contributed by atoms with Crippen LogP contribution in [0.1, 0.15) is 46.0 Å². The van der Waals surface area contributed by atoms with Crippen LogP contribution in [-0.4, -0.2) is 18.9 Å². The third kappa shape index (κ3) is 3.62. The Morgan fingerprint density at radius 1 is 1.19 bits per heavy atom. The van der Waals surface area contributed by atoms with Crippen molar-refractivity contribution < 1.29 is 14.3 Å². The van der Waals surface area contributed by atoms with Crippen LogP contribution in [0.25, 0.3) is 0 Å². The Morgan fingerprint density at radius 2 is 1.75 bits per heavy atom. The summed E-state index contributed by atoms with van der Waals surface area (Å²) in [5.41, 5.74) is 0. The molecule has 0 aliphatic heterocycles. The number of hydrogen-bond acceptors (Lipinski definition) is 3. The number of ketones is 1. The molecule has 0 atom stereocenters. The van der Waals surface area contributed by atoms with Gasteiger partial charge >= 0.3 is 5.97 Å². The van der Waals surface area contributed by atoms with E-state index in [-0.39, 0.29) is 18.1 Å². The van der Waals surface area contributed by atoms with E-state index in [4.69, 9.17) is 0 Å². The van der Waals surface area contributed by atoms with Crippen molar-refractivity contribution in [1.82, 2.24) is 0 Å². The zero-order chi connectivity index (χ0) is 12.1. The molecular weight excluding hydrogens is 204 g/mol. The van der Waals surface area contributed by atoms with Gasteiger partial charge < -0.3 is 4.74 Å². The van der Waals surface area contributed by atoms with Crippen molar-refractivity contribution in [3.8, 4) is 0 Å². The molecule has 3 nitrogen and oxygen atoms in total. The molecule has 1 saturated carbocycles. The van der Waals surface area contributed by atoms with Gasteiger partial charge in [0.1, 0.15) is 12.2 Å². The molecule has 0 bridgehead atoms. The fourth-order valence-corrected chi connectivity index (χ4v) is 2.47. The van der Waals surface area contributed by atoms with Crippen LogP contribution in [0.15, 0.2) is 0 Å². The Bertz CT molecular complexity index is 250. The van der Waals surface area contributed by atoms with E-state index in [0.717, 1.165) is 31.6 Å². The molecule has 0 amide bonds. The molecular formula is C13H22O3. The lowest BCUT2D eigenvalue weighted by Gasteiger charge is -2.29. The molecule has 0 saturated heterocycles. The van der Waals surface area contributed by atoms with Crippen LogP contribution in [0.4, 0.5) is 0 Å². The van der Waals surface area contributed by atoms with E-state index in [1.165, 1.54) is 7.11 Å². The topological polar surface area (TPSA) is 43.4 Å². The number of carbonyl (C=O) groups is 2. The molecule has 0 unspecified atom stereocenters. The van der Waals surface area contributed by atoms with E-state index in [9.17, 15) is 9.59 Å². The zero-order valence-electron chi connectivity index (χ0n) is 10.5. The van der Waals surface area contributed by atoms with Gasteiger partial charge in [0, 0.05) is 5.92 Å². The second-order valence-corrected chi connectivity index (χ2v) is 5.07. The summed E-state index contributed by atoms with van der Waals surface area (Å²) in [5.74, 6) is 1.21. The number of ether oxygens (including phenoxy) is 1. The van der Waals surface area contributed by atoms with E-state index < -0.39 is 5.97 Å². The normalized spacial score (nSPS) is 25.5. The molecule has 0 spiro atoms. The summed E-state index contributed by atoms with van der Waals surface area (Å²) in [6.45, 7) is 4.47. The van der Waals surface area contributed by atoms with Crippen LogP contribution < -0.4 is 0 Å². The molecule has 1 rings (SSSR count). The predicted octanol–water partition coefficient (Wildman–Crippen LogP) is 2.58. The highest BCUT2D eigenvalue weighted by Gasteiger charge is 2.28. The Balaban J connectivity index is 2.36. The van der Waals surface area contributed by atoms with Crippen molar-refractivity contribution in [1.29, 1.82) is 0 Å². The summed E-state index contributed by atoms with van der Waals surface area (Å²) in [4.78, 5) is 22.7. The molecule has 0 aromatic heterocycles. The van der Waals surface area contributed by atoms with Gasteiger partial charge in [-0.25, -0.2) is 0 Å². The average molecular weight is 226 g/mol. The minimum absolute atomic E-state index is 0.0481. The summed E-state index contributed by atoms with van der Waals surface area (Å²) < 4.78 is 4.51. The van der Waals surface area contributed by atoms with Crippen LogP contribution >= 0.6 is 0 Å². The van der Waals surface area contributed by atoms with Gasteiger partial charge in [0.05, 0.1) is 7.11 Å². The van der Waals surface area contributed by atoms with E-state index >= 15 is 0 Å². The minimum atomic E-state index is -0.406. The first-order chi connectivity index (χ1) is 7.54. The maximum Gasteiger partial charge on any atom is 0.313 e. The highest BCUT2D eigenvalue weighted by atomic mass is 16.5. The van der Waals surface area contributed by atoms with Crippen LogP contribution in [-0.2, 0) is 14.3 Å². The minimum Gasteiger partial charge on any atom is -0.469 e. The highest BCUT2D eigenvalue weighted by molar-refractivity contribution is 5.96. The molecule has 0 aromatic rings. The Labute approximate surface area is 97.5 Å². The van der Waals surface area contributed by atoms with Gasteiger partial charge in [-0.1, -0.05) is 13.8 Å². The van der Waals surface area contributed by atoms with E-state index in [2.05, 4.69) is 18.6 Å². The summed E-state index contributed by atoms with van der Waals surface area (Å²) in [6.07, 6.45) is 4.08. The quantitative estimate of drug-likeness (QED) is 0.546. The van der Waals surface area contributed by atoms with Gasteiger partial charge in [0.2, 0.25) is 0 Å². The summed E-state index contributed by atoms with van der Waals surface area (Å²) >= 11 is 0. The average Bonchev–Trinajstić information content (AvgIpc) is 2.28. The smallest absolute Gasteiger partial charge is 0.313 e. The largest absolute Gasteiger partial charge is 0.469 e. The fourth-order valence-electron chi connectivity index (χ4n) is 2.47. The van der Waals surface area contributed by atoms with E-state index in [0.29, 0.717) is 5.92 Å². The van der Waals surface area contributed by atoms with Gasteiger partial charge in [-0.3, -0.25) is 9.59 Å². The third-order valence-corrected chi connectivity index (χ3v) is 3.72.